The van der Waals surface area contributed by atoms with Gasteiger partial charge < -0.3 is 18.9 Å². The highest BCUT2D eigenvalue weighted by molar-refractivity contribution is 7.11. The van der Waals surface area contributed by atoms with E-state index in [9.17, 15) is 4.79 Å². The molecule has 7 heteroatoms. The molecule has 0 radical (unpaired) electrons. The Labute approximate surface area is 138 Å². The number of hydrogen-bond donors (Lipinski definition) is 0. The number of carbonyl (C=O) groups is 1. The van der Waals surface area contributed by atoms with Gasteiger partial charge in [0.05, 0.1) is 25.2 Å². The van der Waals surface area contributed by atoms with Crippen molar-refractivity contribution < 1.29 is 23.7 Å². The largest absolute Gasteiger partial charge is 0.496 e. The maximum atomic E-state index is 12.3. The van der Waals surface area contributed by atoms with E-state index in [1.165, 1.54) is 18.4 Å². The second-order valence-electron chi connectivity index (χ2n) is 4.92. The summed E-state index contributed by atoms with van der Waals surface area (Å²) in [4.78, 5) is 17.4. The van der Waals surface area contributed by atoms with Crippen LogP contribution in [0.3, 0.4) is 0 Å². The fourth-order valence-electron chi connectivity index (χ4n) is 2.19. The molecular formula is C16H17NO5S. The molecule has 6 nitrogen and oxygen atoms in total. The number of esters is 1. The molecule has 1 aliphatic heterocycles. The van der Waals surface area contributed by atoms with Gasteiger partial charge in [0.15, 0.2) is 0 Å². The SMILES string of the molecule is COc1ccccc1C(=O)O[C@@H](C)c1cnc(C2OCCO2)s1. The number of benzene rings is 1. The van der Waals surface area contributed by atoms with Gasteiger partial charge in [0.2, 0.25) is 6.29 Å². The first kappa shape index (κ1) is 15.9. The van der Waals surface area contributed by atoms with E-state index >= 15 is 0 Å². The number of nitrogens with zero attached hydrogens (tertiary/aromatic N) is 1. The Morgan fingerprint density at radius 2 is 2.09 bits per heavy atom. The molecule has 1 fully saturated rings. The average Bonchev–Trinajstić information content (AvgIpc) is 3.25. The van der Waals surface area contributed by atoms with Crippen molar-refractivity contribution in [2.75, 3.05) is 20.3 Å². The summed E-state index contributed by atoms with van der Waals surface area (Å²) in [5.41, 5.74) is 0.397. The summed E-state index contributed by atoms with van der Waals surface area (Å²) < 4.78 is 21.5. The van der Waals surface area contributed by atoms with Crippen molar-refractivity contribution in [3.63, 3.8) is 0 Å². The zero-order chi connectivity index (χ0) is 16.2. The summed E-state index contributed by atoms with van der Waals surface area (Å²) in [6.07, 6.45) is 0.858. The predicted octanol–water partition coefficient (Wildman–Crippen LogP) is 3.12. The van der Waals surface area contributed by atoms with Gasteiger partial charge in [-0.05, 0) is 19.1 Å². The van der Waals surface area contributed by atoms with Gasteiger partial charge >= 0.3 is 5.97 Å². The van der Waals surface area contributed by atoms with Gasteiger partial charge in [-0.15, -0.1) is 11.3 Å². The molecule has 1 saturated heterocycles. The van der Waals surface area contributed by atoms with Crippen LogP contribution in [0.15, 0.2) is 30.5 Å². The number of para-hydroxylation sites is 1. The van der Waals surface area contributed by atoms with Gasteiger partial charge in [-0.2, -0.15) is 0 Å². The minimum absolute atomic E-state index is 0.397. The van der Waals surface area contributed by atoms with Crippen molar-refractivity contribution >= 4 is 17.3 Å². The lowest BCUT2D eigenvalue weighted by atomic mass is 10.2. The van der Waals surface area contributed by atoms with E-state index in [0.29, 0.717) is 24.5 Å². The molecule has 0 saturated carbocycles. The highest BCUT2D eigenvalue weighted by atomic mass is 32.1. The first-order chi connectivity index (χ1) is 11.2. The lowest BCUT2D eigenvalue weighted by molar-refractivity contribution is -0.0442. The smallest absolute Gasteiger partial charge is 0.342 e. The molecule has 0 amide bonds. The second kappa shape index (κ2) is 7.08. The van der Waals surface area contributed by atoms with E-state index in [2.05, 4.69) is 4.98 Å². The molecule has 0 spiro atoms. The van der Waals surface area contributed by atoms with E-state index in [0.717, 1.165) is 9.88 Å². The maximum absolute atomic E-state index is 12.3. The Kier molecular flexibility index (Phi) is 4.90. The van der Waals surface area contributed by atoms with Gasteiger partial charge in [0, 0.05) is 6.20 Å². The molecule has 23 heavy (non-hydrogen) atoms. The molecule has 2 aromatic rings. The van der Waals surface area contributed by atoms with Crippen LogP contribution in [-0.2, 0) is 14.2 Å². The zero-order valence-corrected chi connectivity index (χ0v) is 13.7. The van der Waals surface area contributed by atoms with E-state index < -0.39 is 18.4 Å². The Balaban J connectivity index is 1.68. The van der Waals surface area contributed by atoms with Crippen LogP contribution >= 0.6 is 11.3 Å². The monoisotopic (exact) mass is 335 g/mol. The van der Waals surface area contributed by atoms with Crippen molar-refractivity contribution in [1.29, 1.82) is 0 Å². The molecule has 0 N–H and O–H groups in total. The lowest BCUT2D eigenvalue weighted by Crippen LogP contribution is -2.09. The van der Waals surface area contributed by atoms with E-state index in [1.807, 2.05) is 0 Å². The van der Waals surface area contributed by atoms with Crippen LogP contribution in [0.5, 0.6) is 5.75 Å². The molecule has 1 aromatic heterocycles. The van der Waals surface area contributed by atoms with Crippen LogP contribution in [0.4, 0.5) is 0 Å². The van der Waals surface area contributed by atoms with Gasteiger partial charge in [-0.1, -0.05) is 12.1 Å². The third-order valence-electron chi connectivity index (χ3n) is 3.38. The average molecular weight is 335 g/mol. The minimum Gasteiger partial charge on any atom is -0.496 e. The minimum atomic E-state index is -0.432. The molecule has 0 aliphatic carbocycles. The number of methoxy groups -OCH3 is 1. The molecular weight excluding hydrogens is 318 g/mol. The highest BCUT2D eigenvalue weighted by Crippen LogP contribution is 2.32. The Morgan fingerprint density at radius 3 is 2.83 bits per heavy atom. The third kappa shape index (κ3) is 3.52. The predicted molar refractivity (Wildman–Crippen MR) is 83.6 cm³/mol. The van der Waals surface area contributed by atoms with Crippen molar-refractivity contribution in [3.05, 3.63) is 45.9 Å². The van der Waals surface area contributed by atoms with E-state index in [1.54, 1.807) is 37.4 Å². The third-order valence-corrected chi connectivity index (χ3v) is 4.56. The summed E-state index contributed by atoms with van der Waals surface area (Å²) in [7, 11) is 1.52. The summed E-state index contributed by atoms with van der Waals surface area (Å²) >= 11 is 1.42. The zero-order valence-electron chi connectivity index (χ0n) is 12.9. The van der Waals surface area contributed by atoms with Gasteiger partial charge in [-0.25, -0.2) is 9.78 Å². The van der Waals surface area contributed by atoms with Gasteiger partial charge in [0.1, 0.15) is 22.4 Å². The molecule has 0 bridgehead atoms. The van der Waals surface area contributed by atoms with Crippen LogP contribution in [0.25, 0.3) is 0 Å². The van der Waals surface area contributed by atoms with Crippen molar-refractivity contribution in [3.8, 4) is 5.75 Å². The topological polar surface area (TPSA) is 66.9 Å². The Morgan fingerprint density at radius 1 is 1.35 bits per heavy atom. The quantitative estimate of drug-likeness (QED) is 0.782. The molecule has 122 valence electrons. The van der Waals surface area contributed by atoms with Crippen molar-refractivity contribution in [1.82, 2.24) is 4.98 Å². The van der Waals surface area contributed by atoms with Crippen LogP contribution in [0.2, 0.25) is 0 Å². The second-order valence-corrected chi connectivity index (χ2v) is 6.02. The molecule has 1 aliphatic rings. The molecule has 0 unspecified atom stereocenters. The number of thiazole rings is 1. The van der Waals surface area contributed by atoms with Crippen molar-refractivity contribution in [2.24, 2.45) is 0 Å². The summed E-state index contributed by atoms with van der Waals surface area (Å²) in [6, 6.07) is 6.96. The van der Waals surface area contributed by atoms with Crippen LogP contribution in [0.1, 0.15) is 39.6 Å². The number of aromatic nitrogens is 1. The van der Waals surface area contributed by atoms with E-state index in [4.69, 9.17) is 18.9 Å². The molecule has 3 rings (SSSR count). The molecule has 1 aromatic carbocycles. The van der Waals surface area contributed by atoms with Gasteiger partial charge in [-0.3, -0.25) is 0 Å². The highest BCUT2D eigenvalue weighted by Gasteiger charge is 2.24. The summed E-state index contributed by atoms with van der Waals surface area (Å²) in [6.45, 7) is 2.94. The lowest BCUT2D eigenvalue weighted by Gasteiger charge is -2.13. The Bertz CT molecular complexity index is 681. The number of ether oxygens (including phenoxy) is 4. The van der Waals surface area contributed by atoms with Crippen LogP contribution in [0, 0.1) is 0 Å². The maximum Gasteiger partial charge on any atom is 0.342 e. The van der Waals surface area contributed by atoms with E-state index in [-0.39, 0.29) is 0 Å². The number of rotatable bonds is 5. The normalized spacial score (nSPS) is 16.3. The van der Waals surface area contributed by atoms with Crippen molar-refractivity contribution in [2.45, 2.75) is 19.3 Å². The fraction of sp³-hybridized carbons (Fsp3) is 0.375. The first-order valence-electron chi connectivity index (χ1n) is 7.22. The van der Waals surface area contributed by atoms with Gasteiger partial charge in [0.25, 0.3) is 0 Å². The summed E-state index contributed by atoms with van der Waals surface area (Å²) in [5.74, 6) is 0.0562. The Hall–Kier alpha value is -1.96. The van der Waals surface area contributed by atoms with Crippen LogP contribution in [-0.4, -0.2) is 31.3 Å². The number of hydrogen-bond acceptors (Lipinski definition) is 7. The first-order valence-corrected chi connectivity index (χ1v) is 8.03. The standard InChI is InChI=1S/C16H17NO5S/c1-10(13-9-17-14(23-13)16-20-7-8-21-16)22-15(18)11-5-3-4-6-12(11)19-2/h3-6,9-10,16H,7-8H2,1-2H3/t10-/m0/s1. The van der Waals surface area contributed by atoms with Crippen LogP contribution < -0.4 is 4.74 Å². The summed E-state index contributed by atoms with van der Waals surface area (Å²) in [5, 5.41) is 0.734. The fourth-order valence-corrected chi connectivity index (χ4v) is 3.09. The number of carbonyl (C=O) groups excluding carboxylic acids is 1. The molecule has 2 heterocycles. The molecule has 1 atom stereocenters.